The number of nitrogens with zero attached hydrogens (tertiary/aromatic N) is 2. The highest BCUT2D eigenvalue weighted by Gasteiger charge is 2.18. The van der Waals surface area contributed by atoms with Gasteiger partial charge in [0.05, 0.1) is 11.0 Å². The molecule has 6 heteroatoms. The van der Waals surface area contributed by atoms with E-state index in [1.807, 2.05) is 0 Å². The molecule has 2 N–H and O–H groups in total. The highest BCUT2D eigenvalue weighted by Crippen LogP contribution is 2.19. The van der Waals surface area contributed by atoms with E-state index in [2.05, 4.69) is 4.90 Å². The molecule has 0 spiro atoms. The lowest BCUT2D eigenvalue weighted by Crippen LogP contribution is -2.42. The van der Waals surface area contributed by atoms with Crippen molar-refractivity contribution >= 4 is 5.69 Å². The van der Waals surface area contributed by atoms with Gasteiger partial charge in [0.25, 0.3) is 5.69 Å². The summed E-state index contributed by atoms with van der Waals surface area (Å²) in [5, 5.41) is 10.5. The van der Waals surface area contributed by atoms with Crippen LogP contribution in [-0.2, 0) is 6.54 Å². The van der Waals surface area contributed by atoms with Gasteiger partial charge in [0.2, 0.25) is 0 Å². The second-order valence-electron chi connectivity index (χ2n) is 4.67. The van der Waals surface area contributed by atoms with Crippen LogP contribution in [0.3, 0.4) is 0 Å². The van der Waals surface area contributed by atoms with Gasteiger partial charge in [-0.2, -0.15) is 0 Å². The minimum atomic E-state index is -0.594. The lowest BCUT2D eigenvalue weighted by atomic mass is 10.1. The Bertz CT molecular complexity index is 453. The third-order valence-corrected chi connectivity index (χ3v) is 3.18. The van der Waals surface area contributed by atoms with Crippen LogP contribution in [0.2, 0.25) is 0 Å². The number of hydrogen-bond donors (Lipinski definition) is 1. The highest BCUT2D eigenvalue weighted by atomic mass is 19.1. The van der Waals surface area contributed by atoms with Crippen LogP contribution in [0.5, 0.6) is 0 Å². The van der Waals surface area contributed by atoms with Crippen molar-refractivity contribution in [2.24, 2.45) is 5.73 Å². The zero-order chi connectivity index (χ0) is 13.1. The van der Waals surface area contributed by atoms with Crippen molar-refractivity contribution in [1.29, 1.82) is 0 Å². The van der Waals surface area contributed by atoms with Crippen molar-refractivity contribution < 1.29 is 9.31 Å². The molecule has 1 fully saturated rings. The van der Waals surface area contributed by atoms with Crippen molar-refractivity contribution in [3.63, 3.8) is 0 Å². The lowest BCUT2D eigenvalue weighted by Gasteiger charge is -2.30. The van der Waals surface area contributed by atoms with E-state index < -0.39 is 10.7 Å². The summed E-state index contributed by atoms with van der Waals surface area (Å²) < 4.78 is 13.7. The van der Waals surface area contributed by atoms with Crippen LogP contribution in [0.25, 0.3) is 0 Å². The molecule has 1 atom stereocenters. The second kappa shape index (κ2) is 5.41. The first kappa shape index (κ1) is 12.9. The van der Waals surface area contributed by atoms with Crippen LogP contribution < -0.4 is 5.73 Å². The van der Waals surface area contributed by atoms with E-state index in [0.717, 1.165) is 32.0 Å². The first-order valence-electron chi connectivity index (χ1n) is 5.97. The molecule has 1 saturated heterocycles. The van der Waals surface area contributed by atoms with E-state index in [0.29, 0.717) is 12.1 Å². The van der Waals surface area contributed by atoms with Gasteiger partial charge < -0.3 is 5.73 Å². The Morgan fingerprint density at radius 1 is 1.56 bits per heavy atom. The third-order valence-electron chi connectivity index (χ3n) is 3.18. The topological polar surface area (TPSA) is 72.4 Å². The van der Waals surface area contributed by atoms with Crippen molar-refractivity contribution in [3.05, 3.63) is 39.7 Å². The molecule has 0 aliphatic carbocycles. The summed E-state index contributed by atoms with van der Waals surface area (Å²) in [4.78, 5) is 12.0. The largest absolute Gasteiger partial charge is 0.327 e. The lowest BCUT2D eigenvalue weighted by molar-refractivity contribution is -0.385. The number of likely N-dealkylation sites (tertiary alicyclic amines) is 1. The van der Waals surface area contributed by atoms with E-state index in [1.165, 1.54) is 12.1 Å². The predicted octanol–water partition coefficient (Wildman–Crippen LogP) is 1.66. The molecule has 0 radical (unpaired) electrons. The maximum atomic E-state index is 13.7. The normalized spacial score (nSPS) is 20.9. The second-order valence-corrected chi connectivity index (χ2v) is 4.67. The van der Waals surface area contributed by atoms with Gasteiger partial charge in [-0.25, -0.2) is 4.39 Å². The van der Waals surface area contributed by atoms with E-state index in [9.17, 15) is 14.5 Å². The van der Waals surface area contributed by atoms with Crippen molar-refractivity contribution in [2.45, 2.75) is 25.4 Å². The Morgan fingerprint density at radius 2 is 2.33 bits per heavy atom. The van der Waals surface area contributed by atoms with E-state index in [1.54, 1.807) is 0 Å². The molecule has 0 bridgehead atoms. The van der Waals surface area contributed by atoms with Gasteiger partial charge in [0.15, 0.2) is 0 Å². The fourth-order valence-electron chi connectivity index (χ4n) is 2.25. The van der Waals surface area contributed by atoms with Crippen LogP contribution in [-0.4, -0.2) is 29.0 Å². The number of nitrogens with two attached hydrogens (primary N) is 1. The first-order valence-corrected chi connectivity index (χ1v) is 5.97. The summed E-state index contributed by atoms with van der Waals surface area (Å²) in [5.41, 5.74) is 6.12. The summed E-state index contributed by atoms with van der Waals surface area (Å²) in [6, 6.07) is 3.93. The third kappa shape index (κ3) is 3.02. The molecular weight excluding hydrogens is 237 g/mol. The summed E-state index contributed by atoms with van der Waals surface area (Å²) in [5.74, 6) is -0.525. The minimum Gasteiger partial charge on any atom is -0.327 e. The molecule has 5 nitrogen and oxygen atoms in total. The molecule has 0 aromatic heterocycles. The minimum absolute atomic E-state index is 0.139. The van der Waals surface area contributed by atoms with Gasteiger partial charge in [-0.05, 0) is 25.5 Å². The Morgan fingerprint density at radius 3 is 2.94 bits per heavy atom. The fraction of sp³-hybridized carbons (Fsp3) is 0.500. The SMILES string of the molecule is N[C@@H]1CCCN(Cc2ccc([N+](=O)[O-])cc2F)C1. The van der Waals surface area contributed by atoms with Crippen molar-refractivity contribution in [1.82, 2.24) is 4.90 Å². The maximum Gasteiger partial charge on any atom is 0.272 e. The molecule has 1 aliphatic heterocycles. The molecule has 1 aromatic carbocycles. The number of non-ortho nitro benzene ring substituents is 1. The number of hydrogen-bond acceptors (Lipinski definition) is 4. The Balaban J connectivity index is 2.07. The number of nitro groups is 1. The first-order chi connectivity index (χ1) is 8.56. The average molecular weight is 253 g/mol. The summed E-state index contributed by atoms with van der Waals surface area (Å²) in [6.45, 7) is 2.10. The van der Waals surface area contributed by atoms with Gasteiger partial charge in [0.1, 0.15) is 5.82 Å². The Kier molecular flexibility index (Phi) is 3.88. The maximum absolute atomic E-state index is 13.7. The average Bonchev–Trinajstić information content (AvgIpc) is 2.31. The predicted molar refractivity (Wildman–Crippen MR) is 65.5 cm³/mol. The number of rotatable bonds is 3. The van der Waals surface area contributed by atoms with Gasteiger partial charge in [0, 0.05) is 30.8 Å². The molecule has 1 aliphatic rings. The molecule has 1 heterocycles. The van der Waals surface area contributed by atoms with E-state index in [4.69, 9.17) is 5.73 Å². The number of piperidine rings is 1. The standard InChI is InChI=1S/C12H16FN3O2/c13-12-6-11(16(17)18)4-3-9(12)7-15-5-1-2-10(14)8-15/h3-4,6,10H,1-2,5,7-8,14H2/t10-/m1/s1. The van der Waals surface area contributed by atoms with Crippen LogP contribution >= 0.6 is 0 Å². The molecule has 18 heavy (non-hydrogen) atoms. The van der Waals surface area contributed by atoms with Crippen LogP contribution in [0, 0.1) is 15.9 Å². The van der Waals surface area contributed by atoms with Gasteiger partial charge in [-0.15, -0.1) is 0 Å². The monoisotopic (exact) mass is 253 g/mol. The summed E-state index contributed by atoms with van der Waals surface area (Å²) in [7, 11) is 0. The van der Waals surface area contributed by atoms with Crippen LogP contribution in [0.1, 0.15) is 18.4 Å². The zero-order valence-corrected chi connectivity index (χ0v) is 10.0. The van der Waals surface area contributed by atoms with E-state index >= 15 is 0 Å². The molecule has 0 unspecified atom stereocenters. The van der Waals surface area contributed by atoms with Crippen LogP contribution in [0.15, 0.2) is 18.2 Å². The molecule has 2 rings (SSSR count). The Hall–Kier alpha value is -1.53. The molecule has 0 saturated carbocycles. The summed E-state index contributed by atoms with van der Waals surface area (Å²) in [6.07, 6.45) is 2.01. The molecule has 98 valence electrons. The Labute approximate surface area is 105 Å². The number of benzene rings is 1. The molecular formula is C12H16FN3O2. The number of nitro benzene ring substituents is 1. The quantitative estimate of drug-likeness (QED) is 0.656. The molecule has 0 amide bonds. The smallest absolute Gasteiger partial charge is 0.272 e. The highest BCUT2D eigenvalue weighted by molar-refractivity contribution is 5.34. The fourth-order valence-corrected chi connectivity index (χ4v) is 2.25. The van der Waals surface area contributed by atoms with Crippen molar-refractivity contribution in [3.8, 4) is 0 Å². The van der Waals surface area contributed by atoms with Crippen LogP contribution in [0.4, 0.5) is 10.1 Å². The van der Waals surface area contributed by atoms with E-state index in [-0.39, 0.29) is 11.7 Å². The number of halogens is 1. The van der Waals surface area contributed by atoms with Gasteiger partial charge in [-0.3, -0.25) is 15.0 Å². The molecule has 1 aromatic rings. The zero-order valence-electron chi connectivity index (χ0n) is 10.0. The van der Waals surface area contributed by atoms with Gasteiger partial charge >= 0.3 is 0 Å². The van der Waals surface area contributed by atoms with Crippen molar-refractivity contribution in [2.75, 3.05) is 13.1 Å². The summed E-state index contributed by atoms with van der Waals surface area (Å²) >= 11 is 0. The van der Waals surface area contributed by atoms with Gasteiger partial charge in [-0.1, -0.05) is 0 Å².